The van der Waals surface area contributed by atoms with Gasteiger partial charge in [-0.25, -0.2) is 8.42 Å². The first-order valence-electron chi connectivity index (χ1n) is 10.1. The molecule has 1 amide bonds. The molecule has 0 aliphatic heterocycles. The number of ether oxygens (including phenoxy) is 1. The lowest BCUT2D eigenvalue weighted by Gasteiger charge is -2.21. The minimum absolute atomic E-state index is 0.00322. The second kappa shape index (κ2) is 11.3. The molecule has 2 aromatic rings. The standard InChI is InChI=1S/C21H27N3O6S2/c1-5-23(6-2)32(28,29)20-14-16(8-13-19(20)30-7-3)22-21(25)15(4)31-18-11-9-17(10-12-18)24(26)27/h8-15H,5-7H2,1-4H3,(H,22,25). The van der Waals surface area contributed by atoms with Crippen LogP contribution in [-0.2, 0) is 14.8 Å². The third-order valence-corrected chi connectivity index (χ3v) is 7.75. The summed E-state index contributed by atoms with van der Waals surface area (Å²) in [6.45, 7) is 7.89. The third kappa shape index (κ3) is 6.21. The normalized spacial score (nSPS) is 12.4. The Morgan fingerprint density at radius 3 is 2.31 bits per heavy atom. The molecule has 1 unspecified atom stereocenters. The van der Waals surface area contributed by atoms with E-state index in [1.165, 1.54) is 40.3 Å². The molecule has 0 aromatic heterocycles. The second-order valence-electron chi connectivity index (χ2n) is 6.68. The summed E-state index contributed by atoms with van der Waals surface area (Å²) in [5.41, 5.74) is 0.308. The van der Waals surface area contributed by atoms with E-state index in [9.17, 15) is 23.3 Å². The second-order valence-corrected chi connectivity index (χ2v) is 10.0. The first-order chi connectivity index (χ1) is 15.1. The predicted molar refractivity (Wildman–Crippen MR) is 125 cm³/mol. The van der Waals surface area contributed by atoms with Crippen LogP contribution in [0.2, 0.25) is 0 Å². The van der Waals surface area contributed by atoms with Gasteiger partial charge in [0.15, 0.2) is 0 Å². The fourth-order valence-corrected chi connectivity index (χ4v) is 5.40. The van der Waals surface area contributed by atoms with Crippen LogP contribution in [0.5, 0.6) is 5.75 Å². The zero-order valence-corrected chi connectivity index (χ0v) is 20.0. The average Bonchev–Trinajstić information content (AvgIpc) is 2.75. The minimum Gasteiger partial charge on any atom is -0.492 e. The van der Waals surface area contributed by atoms with E-state index in [-0.39, 0.29) is 22.2 Å². The van der Waals surface area contributed by atoms with Crippen molar-refractivity contribution >= 4 is 39.1 Å². The third-order valence-electron chi connectivity index (χ3n) is 4.56. The molecule has 0 fully saturated rings. The first-order valence-corrected chi connectivity index (χ1v) is 12.4. The molecule has 1 N–H and O–H groups in total. The first kappa shape index (κ1) is 25.6. The number of carbonyl (C=O) groups excluding carboxylic acids is 1. The summed E-state index contributed by atoms with van der Waals surface area (Å²) in [7, 11) is -3.80. The van der Waals surface area contributed by atoms with E-state index in [1.54, 1.807) is 45.9 Å². The Balaban J connectivity index is 2.22. The molecule has 0 saturated carbocycles. The summed E-state index contributed by atoms with van der Waals surface area (Å²) in [6, 6.07) is 10.4. The zero-order valence-electron chi connectivity index (χ0n) is 18.4. The van der Waals surface area contributed by atoms with Gasteiger partial charge in [-0.1, -0.05) is 13.8 Å². The van der Waals surface area contributed by atoms with Gasteiger partial charge >= 0.3 is 0 Å². The zero-order chi connectivity index (χ0) is 23.9. The van der Waals surface area contributed by atoms with Crippen LogP contribution < -0.4 is 10.1 Å². The highest BCUT2D eigenvalue weighted by atomic mass is 32.2. The number of amides is 1. The number of sulfonamides is 1. The molecule has 0 radical (unpaired) electrons. The smallest absolute Gasteiger partial charge is 0.269 e. The fourth-order valence-electron chi connectivity index (χ4n) is 2.91. The number of anilines is 1. The molecule has 0 aliphatic rings. The number of carbonyl (C=O) groups is 1. The molecule has 1 atom stereocenters. The summed E-state index contributed by atoms with van der Waals surface area (Å²) in [5.74, 6) is -0.102. The molecule has 2 aromatic carbocycles. The lowest BCUT2D eigenvalue weighted by atomic mass is 10.3. The minimum atomic E-state index is -3.80. The number of nitro groups is 1. The van der Waals surface area contributed by atoms with Crippen molar-refractivity contribution in [3.63, 3.8) is 0 Å². The van der Waals surface area contributed by atoms with Gasteiger partial charge in [-0.2, -0.15) is 4.31 Å². The van der Waals surface area contributed by atoms with Crippen molar-refractivity contribution in [2.45, 2.75) is 42.7 Å². The lowest BCUT2D eigenvalue weighted by Crippen LogP contribution is -2.31. The van der Waals surface area contributed by atoms with Crippen LogP contribution in [0.15, 0.2) is 52.3 Å². The summed E-state index contributed by atoms with van der Waals surface area (Å²) < 4.78 is 32.9. The summed E-state index contributed by atoms with van der Waals surface area (Å²) in [4.78, 5) is 23.7. The van der Waals surface area contributed by atoms with Gasteiger partial charge < -0.3 is 10.1 Å². The van der Waals surface area contributed by atoms with Gasteiger partial charge in [-0.15, -0.1) is 11.8 Å². The highest BCUT2D eigenvalue weighted by molar-refractivity contribution is 8.00. The predicted octanol–water partition coefficient (Wildman–Crippen LogP) is 4.14. The highest BCUT2D eigenvalue weighted by Gasteiger charge is 2.26. The Morgan fingerprint density at radius 2 is 1.78 bits per heavy atom. The monoisotopic (exact) mass is 481 g/mol. The maximum absolute atomic E-state index is 13.1. The van der Waals surface area contributed by atoms with Gasteiger partial charge in [0.1, 0.15) is 10.6 Å². The molecule has 2 rings (SSSR count). The molecule has 0 aliphatic carbocycles. The van der Waals surface area contributed by atoms with E-state index >= 15 is 0 Å². The molecular weight excluding hydrogens is 454 g/mol. The molecule has 32 heavy (non-hydrogen) atoms. The molecule has 174 valence electrons. The van der Waals surface area contributed by atoms with Gasteiger partial charge in [0.05, 0.1) is 16.8 Å². The number of non-ortho nitro benzene ring substituents is 1. The number of nitrogens with one attached hydrogen (secondary N) is 1. The van der Waals surface area contributed by atoms with E-state index in [0.29, 0.717) is 30.3 Å². The Labute approximate surface area is 192 Å². The Morgan fingerprint density at radius 1 is 1.16 bits per heavy atom. The number of nitro benzene ring substituents is 1. The van der Waals surface area contributed by atoms with Crippen molar-refractivity contribution in [2.24, 2.45) is 0 Å². The van der Waals surface area contributed by atoms with E-state index in [4.69, 9.17) is 4.74 Å². The van der Waals surface area contributed by atoms with Crippen molar-refractivity contribution in [3.8, 4) is 5.75 Å². The average molecular weight is 482 g/mol. The summed E-state index contributed by atoms with van der Waals surface area (Å²) >= 11 is 1.24. The van der Waals surface area contributed by atoms with Crippen LogP contribution in [0.25, 0.3) is 0 Å². The van der Waals surface area contributed by atoms with Gasteiger partial charge in [0.25, 0.3) is 5.69 Å². The highest BCUT2D eigenvalue weighted by Crippen LogP contribution is 2.31. The van der Waals surface area contributed by atoms with Crippen molar-refractivity contribution in [1.82, 2.24) is 4.31 Å². The maximum Gasteiger partial charge on any atom is 0.269 e. The van der Waals surface area contributed by atoms with Crippen LogP contribution >= 0.6 is 11.8 Å². The van der Waals surface area contributed by atoms with Gasteiger partial charge in [-0.05, 0) is 44.2 Å². The quantitative estimate of drug-likeness (QED) is 0.291. The maximum atomic E-state index is 13.1. The van der Waals surface area contributed by atoms with E-state index in [0.717, 1.165) is 0 Å². The molecular formula is C21H27N3O6S2. The van der Waals surface area contributed by atoms with Crippen LogP contribution in [0.4, 0.5) is 11.4 Å². The number of rotatable bonds is 11. The summed E-state index contributed by atoms with van der Waals surface area (Å²) in [5, 5.41) is 13.0. The van der Waals surface area contributed by atoms with Gasteiger partial charge in [0.2, 0.25) is 15.9 Å². The Bertz CT molecular complexity index is 1050. The largest absolute Gasteiger partial charge is 0.492 e. The van der Waals surface area contributed by atoms with Crippen molar-refractivity contribution in [3.05, 3.63) is 52.6 Å². The van der Waals surface area contributed by atoms with Gasteiger partial charge in [-0.3, -0.25) is 14.9 Å². The van der Waals surface area contributed by atoms with Crippen molar-refractivity contribution < 1.29 is 22.9 Å². The van der Waals surface area contributed by atoms with E-state index in [1.807, 2.05) is 0 Å². The Hall–Kier alpha value is -2.63. The van der Waals surface area contributed by atoms with Crippen LogP contribution in [0.1, 0.15) is 27.7 Å². The number of hydrogen-bond donors (Lipinski definition) is 1. The fraction of sp³-hybridized carbons (Fsp3) is 0.381. The molecule has 9 nitrogen and oxygen atoms in total. The van der Waals surface area contributed by atoms with E-state index in [2.05, 4.69) is 5.32 Å². The van der Waals surface area contributed by atoms with Crippen molar-refractivity contribution in [1.29, 1.82) is 0 Å². The summed E-state index contributed by atoms with van der Waals surface area (Å²) in [6.07, 6.45) is 0. The lowest BCUT2D eigenvalue weighted by molar-refractivity contribution is -0.384. The van der Waals surface area contributed by atoms with Crippen LogP contribution in [0, 0.1) is 10.1 Å². The van der Waals surface area contributed by atoms with Crippen LogP contribution in [-0.4, -0.2) is 48.5 Å². The molecule has 0 spiro atoms. The van der Waals surface area contributed by atoms with Gasteiger partial charge in [0, 0.05) is 35.8 Å². The Kier molecular flexibility index (Phi) is 9.05. The van der Waals surface area contributed by atoms with Crippen molar-refractivity contribution in [2.75, 3.05) is 25.0 Å². The number of benzene rings is 2. The number of hydrogen-bond acceptors (Lipinski definition) is 7. The molecule has 0 saturated heterocycles. The molecule has 0 bridgehead atoms. The van der Waals surface area contributed by atoms with Crippen LogP contribution in [0.3, 0.4) is 0 Å². The molecule has 11 heteroatoms. The topological polar surface area (TPSA) is 119 Å². The number of thioether (sulfide) groups is 1. The molecule has 0 heterocycles. The SMILES string of the molecule is CCOc1ccc(NC(=O)C(C)Sc2ccc([N+](=O)[O-])cc2)cc1S(=O)(=O)N(CC)CC. The van der Waals surface area contributed by atoms with E-state index < -0.39 is 20.2 Å². The number of nitrogens with zero attached hydrogens (tertiary/aromatic N) is 2.